The van der Waals surface area contributed by atoms with Gasteiger partial charge < -0.3 is 14.6 Å². The van der Waals surface area contributed by atoms with Crippen molar-refractivity contribution in [3.05, 3.63) is 136 Å². The molecular formula is C30H30N2O5. The van der Waals surface area contributed by atoms with Crippen molar-refractivity contribution >= 4 is 5.69 Å². The van der Waals surface area contributed by atoms with Crippen molar-refractivity contribution in [1.82, 2.24) is 4.90 Å². The van der Waals surface area contributed by atoms with Crippen LogP contribution in [0.1, 0.15) is 22.8 Å². The predicted molar refractivity (Wildman–Crippen MR) is 142 cm³/mol. The molecule has 0 radical (unpaired) electrons. The number of nitro benzene ring substituents is 1. The normalized spacial score (nSPS) is 11.7. The highest BCUT2D eigenvalue weighted by atomic mass is 16.6. The first-order valence-corrected chi connectivity index (χ1v) is 12.1. The molecule has 0 aliphatic rings. The zero-order valence-electron chi connectivity index (χ0n) is 20.5. The summed E-state index contributed by atoms with van der Waals surface area (Å²) in [5, 5.41) is 21.8. The lowest BCUT2D eigenvalue weighted by Crippen LogP contribution is -2.32. The number of nitro groups is 1. The van der Waals surface area contributed by atoms with Gasteiger partial charge in [-0.2, -0.15) is 0 Å². The third-order valence-electron chi connectivity index (χ3n) is 5.92. The Morgan fingerprint density at radius 1 is 0.757 bits per heavy atom. The van der Waals surface area contributed by atoms with Gasteiger partial charge in [0.05, 0.1) is 11.0 Å². The highest BCUT2D eigenvalue weighted by Gasteiger charge is 2.15. The van der Waals surface area contributed by atoms with E-state index in [0.717, 1.165) is 22.4 Å². The molecule has 190 valence electrons. The minimum Gasteiger partial charge on any atom is -0.492 e. The van der Waals surface area contributed by atoms with E-state index in [4.69, 9.17) is 9.47 Å². The zero-order chi connectivity index (χ0) is 25.9. The van der Waals surface area contributed by atoms with Gasteiger partial charge in [-0.1, -0.05) is 72.8 Å². The lowest BCUT2D eigenvalue weighted by Gasteiger charge is -2.25. The van der Waals surface area contributed by atoms with Crippen molar-refractivity contribution in [3.63, 3.8) is 0 Å². The standard InChI is InChI=1S/C30H30N2O5/c33-30(26-11-15-29(16-12-26)37-23-25-9-5-2-6-10-25)22-31(21-24-7-3-1-4-8-24)19-20-36-28-17-13-27(14-18-28)32(34)35/h1-18,30,33H,19-23H2. The third kappa shape index (κ3) is 8.17. The van der Waals surface area contributed by atoms with Crippen LogP contribution in [0.5, 0.6) is 11.5 Å². The summed E-state index contributed by atoms with van der Waals surface area (Å²) in [5.74, 6) is 1.31. The van der Waals surface area contributed by atoms with Crippen LogP contribution in [0.25, 0.3) is 0 Å². The number of ether oxygens (including phenoxy) is 2. The van der Waals surface area contributed by atoms with Gasteiger partial charge >= 0.3 is 0 Å². The van der Waals surface area contributed by atoms with Crippen LogP contribution in [0.2, 0.25) is 0 Å². The van der Waals surface area contributed by atoms with Crippen LogP contribution < -0.4 is 9.47 Å². The Balaban J connectivity index is 1.34. The smallest absolute Gasteiger partial charge is 0.269 e. The molecule has 0 amide bonds. The van der Waals surface area contributed by atoms with Crippen LogP contribution in [0.15, 0.2) is 109 Å². The van der Waals surface area contributed by atoms with Gasteiger partial charge in [-0.3, -0.25) is 15.0 Å². The summed E-state index contributed by atoms with van der Waals surface area (Å²) in [6.07, 6.45) is -0.689. The molecule has 4 rings (SSSR count). The number of non-ortho nitro benzene ring substituents is 1. The van der Waals surface area contributed by atoms with Gasteiger partial charge in [-0.15, -0.1) is 0 Å². The fourth-order valence-corrected chi connectivity index (χ4v) is 3.91. The molecule has 1 unspecified atom stereocenters. The molecule has 1 atom stereocenters. The lowest BCUT2D eigenvalue weighted by atomic mass is 10.1. The average Bonchev–Trinajstić information content (AvgIpc) is 2.93. The molecule has 4 aromatic rings. The van der Waals surface area contributed by atoms with Gasteiger partial charge in [-0.05, 0) is 41.0 Å². The van der Waals surface area contributed by atoms with Crippen LogP contribution >= 0.6 is 0 Å². The highest BCUT2D eigenvalue weighted by Crippen LogP contribution is 2.21. The average molecular weight is 499 g/mol. The number of nitrogens with zero attached hydrogens (tertiary/aromatic N) is 2. The molecule has 4 aromatic carbocycles. The molecule has 0 saturated heterocycles. The minimum atomic E-state index is -0.689. The summed E-state index contributed by atoms with van der Waals surface area (Å²) in [6.45, 7) is 2.51. The summed E-state index contributed by atoms with van der Waals surface area (Å²) in [5.41, 5.74) is 3.06. The number of hydrogen-bond acceptors (Lipinski definition) is 6. The van der Waals surface area contributed by atoms with Gasteiger partial charge in [0.1, 0.15) is 24.7 Å². The van der Waals surface area contributed by atoms with E-state index in [0.29, 0.717) is 38.6 Å². The predicted octanol–water partition coefficient (Wildman–Crippen LogP) is 5.79. The second-order valence-electron chi connectivity index (χ2n) is 8.68. The van der Waals surface area contributed by atoms with E-state index in [1.54, 1.807) is 12.1 Å². The molecule has 0 saturated carbocycles. The van der Waals surface area contributed by atoms with Crippen LogP contribution in [0.4, 0.5) is 5.69 Å². The maximum atomic E-state index is 11.0. The van der Waals surface area contributed by atoms with E-state index in [9.17, 15) is 15.2 Å². The van der Waals surface area contributed by atoms with Crippen molar-refractivity contribution in [3.8, 4) is 11.5 Å². The van der Waals surface area contributed by atoms with Crippen molar-refractivity contribution in [2.75, 3.05) is 19.7 Å². The molecule has 0 aromatic heterocycles. The molecule has 7 nitrogen and oxygen atoms in total. The quantitative estimate of drug-likeness (QED) is 0.186. The molecule has 0 aliphatic carbocycles. The van der Waals surface area contributed by atoms with Crippen LogP contribution in [0.3, 0.4) is 0 Å². The molecule has 0 heterocycles. The maximum Gasteiger partial charge on any atom is 0.269 e. The van der Waals surface area contributed by atoms with Crippen molar-refractivity contribution in [2.45, 2.75) is 19.3 Å². The summed E-state index contributed by atoms with van der Waals surface area (Å²) < 4.78 is 11.7. The van der Waals surface area contributed by atoms with Gasteiger partial charge in [0.25, 0.3) is 5.69 Å². The summed E-state index contributed by atoms with van der Waals surface area (Å²) in [7, 11) is 0. The topological polar surface area (TPSA) is 85.1 Å². The number of benzene rings is 4. The molecule has 7 heteroatoms. The first-order valence-electron chi connectivity index (χ1n) is 12.1. The summed E-state index contributed by atoms with van der Waals surface area (Å²) >= 11 is 0. The summed E-state index contributed by atoms with van der Waals surface area (Å²) in [6, 6.07) is 33.6. The largest absolute Gasteiger partial charge is 0.492 e. The fourth-order valence-electron chi connectivity index (χ4n) is 3.91. The van der Waals surface area contributed by atoms with E-state index in [1.165, 1.54) is 12.1 Å². The second kappa shape index (κ2) is 13.2. The molecular weight excluding hydrogens is 468 g/mol. The van der Waals surface area contributed by atoms with E-state index < -0.39 is 11.0 Å². The SMILES string of the molecule is O=[N+]([O-])c1ccc(OCCN(Cc2ccccc2)CC(O)c2ccc(OCc3ccccc3)cc2)cc1. The first kappa shape index (κ1) is 25.9. The number of aliphatic hydroxyl groups is 1. The van der Waals surface area contributed by atoms with E-state index in [1.807, 2.05) is 72.8 Å². The lowest BCUT2D eigenvalue weighted by molar-refractivity contribution is -0.384. The molecule has 0 bridgehead atoms. The zero-order valence-corrected chi connectivity index (χ0v) is 20.5. The minimum absolute atomic E-state index is 0.0256. The fraction of sp³-hybridized carbons (Fsp3) is 0.200. The Kier molecular flexibility index (Phi) is 9.23. The van der Waals surface area contributed by atoms with Crippen molar-refractivity contribution in [2.24, 2.45) is 0 Å². The molecule has 37 heavy (non-hydrogen) atoms. The Hall–Kier alpha value is -4.20. The van der Waals surface area contributed by atoms with Crippen LogP contribution in [-0.2, 0) is 13.2 Å². The number of rotatable bonds is 13. The van der Waals surface area contributed by atoms with E-state index >= 15 is 0 Å². The Labute approximate surface area is 216 Å². The second-order valence-corrected chi connectivity index (χ2v) is 8.68. The van der Waals surface area contributed by atoms with Gasteiger partial charge in [0.2, 0.25) is 0 Å². The maximum absolute atomic E-state index is 11.0. The third-order valence-corrected chi connectivity index (χ3v) is 5.92. The number of aliphatic hydroxyl groups excluding tert-OH is 1. The van der Waals surface area contributed by atoms with Gasteiger partial charge in [-0.25, -0.2) is 0 Å². The Bertz CT molecular complexity index is 1230. The number of hydrogen-bond donors (Lipinski definition) is 1. The molecule has 0 aliphatic heterocycles. The molecule has 1 N–H and O–H groups in total. The Morgan fingerprint density at radius 3 is 1.95 bits per heavy atom. The molecule has 0 spiro atoms. The molecule has 0 fully saturated rings. The van der Waals surface area contributed by atoms with Crippen LogP contribution in [0, 0.1) is 10.1 Å². The summed E-state index contributed by atoms with van der Waals surface area (Å²) in [4.78, 5) is 12.5. The first-order chi connectivity index (χ1) is 18.1. The highest BCUT2D eigenvalue weighted by molar-refractivity contribution is 5.36. The van der Waals surface area contributed by atoms with Crippen molar-refractivity contribution in [1.29, 1.82) is 0 Å². The van der Waals surface area contributed by atoms with Crippen LogP contribution in [-0.4, -0.2) is 34.6 Å². The monoisotopic (exact) mass is 498 g/mol. The van der Waals surface area contributed by atoms with E-state index in [2.05, 4.69) is 17.0 Å². The van der Waals surface area contributed by atoms with Crippen molar-refractivity contribution < 1.29 is 19.5 Å². The van der Waals surface area contributed by atoms with E-state index in [-0.39, 0.29) is 5.69 Å². The Morgan fingerprint density at radius 2 is 1.32 bits per heavy atom. The van der Waals surface area contributed by atoms with Gasteiger partial charge in [0.15, 0.2) is 0 Å². The van der Waals surface area contributed by atoms with Gasteiger partial charge in [0, 0.05) is 31.8 Å².